The Bertz CT molecular complexity index is 1910. The van der Waals surface area contributed by atoms with Crippen LogP contribution in [0.25, 0.3) is 0 Å². The van der Waals surface area contributed by atoms with Gasteiger partial charge in [-0.3, -0.25) is 14.4 Å². The summed E-state index contributed by atoms with van der Waals surface area (Å²) in [5.74, 6) is -5.84. The third-order valence-corrected chi connectivity index (χ3v) is 13.5. The van der Waals surface area contributed by atoms with Crippen molar-refractivity contribution in [2.45, 2.75) is 150 Å². The Balaban J connectivity index is 1.74. The van der Waals surface area contributed by atoms with E-state index in [1.165, 1.54) is 6.92 Å². The van der Waals surface area contributed by atoms with Crippen LogP contribution in [0.2, 0.25) is 0 Å². The Hall–Kier alpha value is -4.50. The monoisotopic (exact) mass is 841 g/mol. The van der Waals surface area contributed by atoms with Gasteiger partial charge >= 0.3 is 30.2 Å². The molecular formula is C45H63NO14. The lowest BCUT2D eigenvalue weighted by Gasteiger charge is -2.67. The molecule has 5 rings (SSSR count). The van der Waals surface area contributed by atoms with E-state index in [9.17, 15) is 29.1 Å². The van der Waals surface area contributed by atoms with Gasteiger partial charge in [-0.15, -0.1) is 0 Å². The van der Waals surface area contributed by atoms with E-state index in [2.05, 4.69) is 5.32 Å². The average molecular weight is 842 g/mol. The molecule has 3 fully saturated rings. The Labute approximate surface area is 352 Å². The smallest absolute Gasteiger partial charge is 0.457 e. The molecule has 2 saturated carbocycles. The first-order chi connectivity index (χ1) is 27.6. The van der Waals surface area contributed by atoms with Crippen molar-refractivity contribution in [1.82, 2.24) is 5.32 Å². The van der Waals surface area contributed by atoms with Gasteiger partial charge in [-0.2, -0.15) is 0 Å². The second-order valence-corrected chi connectivity index (χ2v) is 19.8. The van der Waals surface area contributed by atoms with Crippen molar-refractivity contribution < 1.29 is 67.0 Å². The SMILES string of the molecule is COC(=O)O[C@@]12CO[C@@H]1C[C@H](C)[C@@]1(C)C(=O)[C@H](OC(C)=O)C3=C(C)[C@@H](OC(=O)[C@H](C)[C@@H](NC(=O)OC(C)(C)C)C(C)(C)C)C[C@@](O)(C(OC(=O)c4ccccc4)[C@H]21)C3(C)C. The summed E-state index contributed by atoms with van der Waals surface area (Å²) in [5.41, 5.74) is -7.90. The van der Waals surface area contributed by atoms with Crippen molar-refractivity contribution in [2.24, 2.45) is 34.0 Å². The predicted octanol–water partition coefficient (Wildman–Crippen LogP) is 6.27. The van der Waals surface area contributed by atoms with E-state index in [1.807, 2.05) is 27.7 Å². The molecule has 60 heavy (non-hydrogen) atoms. The fourth-order valence-electron chi connectivity index (χ4n) is 10.2. The van der Waals surface area contributed by atoms with Crippen LogP contribution in [-0.2, 0) is 47.5 Å². The number of rotatable bonds is 8. The van der Waals surface area contributed by atoms with Crippen LogP contribution in [0.4, 0.5) is 9.59 Å². The summed E-state index contributed by atoms with van der Waals surface area (Å²) in [5, 5.41) is 16.6. The van der Waals surface area contributed by atoms with Crippen molar-refractivity contribution in [3.05, 3.63) is 47.0 Å². The minimum atomic E-state index is -2.23. The van der Waals surface area contributed by atoms with Crippen molar-refractivity contribution in [3.63, 3.8) is 0 Å². The van der Waals surface area contributed by atoms with Crippen LogP contribution in [0, 0.1) is 34.0 Å². The molecule has 0 radical (unpaired) electrons. The number of hydrogen-bond donors (Lipinski definition) is 2. The highest BCUT2D eigenvalue weighted by Crippen LogP contribution is 2.65. The summed E-state index contributed by atoms with van der Waals surface area (Å²) in [6.07, 6.45) is -7.33. The van der Waals surface area contributed by atoms with Crippen LogP contribution in [0.5, 0.6) is 0 Å². The number of hydrogen-bond acceptors (Lipinski definition) is 14. The number of Topliss-reactive ketones (excluding diaryl/α,β-unsaturated/α-hetero) is 1. The number of aliphatic hydroxyl groups is 1. The van der Waals surface area contributed by atoms with E-state index in [-0.39, 0.29) is 30.6 Å². The van der Waals surface area contributed by atoms with Crippen molar-refractivity contribution in [1.29, 1.82) is 0 Å². The van der Waals surface area contributed by atoms with E-state index < -0.39 is 117 Å². The largest absolute Gasteiger partial charge is 0.508 e. The zero-order chi connectivity index (χ0) is 45.1. The predicted molar refractivity (Wildman–Crippen MR) is 215 cm³/mol. The summed E-state index contributed by atoms with van der Waals surface area (Å²) in [7, 11) is 1.13. The molecular weight excluding hydrogens is 778 g/mol. The van der Waals surface area contributed by atoms with Crippen LogP contribution >= 0.6 is 0 Å². The Morgan fingerprint density at radius 1 is 0.967 bits per heavy atom. The molecule has 11 atom stereocenters. The van der Waals surface area contributed by atoms with Crippen LogP contribution in [0.3, 0.4) is 0 Å². The lowest BCUT2D eigenvalue weighted by molar-refractivity contribution is -0.338. The van der Waals surface area contributed by atoms with Gasteiger partial charge in [0, 0.05) is 24.2 Å². The molecule has 15 heteroatoms. The van der Waals surface area contributed by atoms with Gasteiger partial charge in [-0.1, -0.05) is 66.7 Å². The Morgan fingerprint density at radius 2 is 1.58 bits per heavy atom. The molecule has 4 aliphatic rings. The van der Waals surface area contributed by atoms with Crippen LogP contribution in [0.1, 0.15) is 113 Å². The maximum Gasteiger partial charge on any atom is 0.508 e. The highest BCUT2D eigenvalue weighted by atomic mass is 16.8. The highest BCUT2D eigenvalue weighted by Gasteiger charge is 2.78. The summed E-state index contributed by atoms with van der Waals surface area (Å²) in [6, 6.07) is 7.30. The third-order valence-electron chi connectivity index (χ3n) is 13.5. The van der Waals surface area contributed by atoms with Gasteiger partial charge < -0.3 is 43.6 Å². The van der Waals surface area contributed by atoms with E-state index in [4.69, 9.17) is 33.2 Å². The quantitative estimate of drug-likeness (QED) is 0.169. The maximum absolute atomic E-state index is 15.6. The fraction of sp³-hybridized carbons (Fsp3) is 0.689. The molecule has 0 aromatic heterocycles. The molecule has 1 heterocycles. The summed E-state index contributed by atoms with van der Waals surface area (Å²) in [6.45, 7) is 21.7. The van der Waals surface area contributed by atoms with Gasteiger partial charge in [0.1, 0.15) is 29.5 Å². The molecule has 1 amide bonds. The van der Waals surface area contributed by atoms with E-state index in [0.717, 1.165) is 7.11 Å². The third kappa shape index (κ3) is 8.03. The number of esters is 3. The molecule has 3 aliphatic carbocycles. The van der Waals surface area contributed by atoms with Gasteiger partial charge in [-0.25, -0.2) is 14.4 Å². The number of ketones is 1. The molecule has 1 saturated heterocycles. The average Bonchev–Trinajstić information content (AvgIpc) is 3.13. The number of ether oxygens (including phenoxy) is 7. The number of fused-ring (bicyclic) bond motifs is 5. The van der Waals surface area contributed by atoms with Gasteiger partial charge in [0.2, 0.25) is 0 Å². The van der Waals surface area contributed by atoms with Crippen molar-refractivity contribution in [2.75, 3.05) is 13.7 Å². The molecule has 332 valence electrons. The zero-order valence-electron chi connectivity index (χ0n) is 37.4. The Kier molecular flexibility index (Phi) is 12.5. The first-order valence-electron chi connectivity index (χ1n) is 20.6. The molecule has 2 bridgehead atoms. The molecule has 2 N–H and O–H groups in total. The van der Waals surface area contributed by atoms with Crippen molar-refractivity contribution >= 4 is 35.9 Å². The molecule has 1 aromatic carbocycles. The number of carbonyl (C=O) groups is 6. The summed E-state index contributed by atoms with van der Waals surface area (Å²) < 4.78 is 41.4. The minimum Gasteiger partial charge on any atom is -0.457 e. The molecule has 1 aromatic rings. The fourth-order valence-corrected chi connectivity index (χ4v) is 10.2. The lowest BCUT2D eigenvalue weighted by Crippen LogP contribution is -2.81. The van der Waals surface area contributed by atoms with Gasteiger partial charge in [0.15, 0.2) is 17.5 Å². The number of alkyl carbamates (subject to hydrolysis) is 1. The van der Waals surface area contributed by atoms with E-state index >= 15 is 4.79 Å². The normalized spacial score (nSPS) is 33.1. The number of nitrogens with one attached hydrogen (secondary N) is 1. The number of benzene rings is 1. The number of methoxy groups -OCH3 is 1. The molecule has 0 spiro atoms. The molecule has 15 nitrogen and oxygen atoms in total. The standard InChI is InChI=1S/C45H63NO14/c1-23-20-29-44(22-55-29,60-39(52)54-14)32-35(58-37(50)27-18-16-15-17-19-27)45(53)21-28(24(2)30(42(45,11)12)31(56-26(4)47)34(48)43(23,32)13)57-36(49)25(3)33(40(5,6)7)46-38(51)59-41(8,9)10/h15-19,23,25,28-29,31-33,35,53H,20-22H2,1-14H3,(H,46,51)/t23-,25+,28-,29+,31+,32-,33+,35?,43+,44-,45+/m0/s1. The van der Waals surface area contributed by atoms with E-state index in [0.29, 0.717) is 5.57 Å². The number of amides is 1. The Morgan fingerprint density at radius 3 is 2.10 bits per heavy atom. The van der Waals surface area contributed by atoms with Crippen LogP contribution < -0.4 is 5.32 Å². The van der Waals surface area contributed by atoms with Crippen LogP contribution in [0.15, 0.2) is 41.5 Å². The summed E-state index contributed by atoms with van der Waals surface area (Å²) in [4.78, 5) is 83.6. The van der Waals surface area contributed by atoms with Crippen LogP contribution in [-0.4, -0.2) is 102 Å². The van der Waals surface area contributed by atoms with Gasteiger partial charge in [0.05, 0.1) is 37.2 Å². The first-order valence-corrected chi connectivity index (χ1v) is 20.6. The highest BCUT2D eigenvalue weighted by molar-refractivity contribution is 5.95. The second-order valence-electron chi connectivity index (χ2n) is 19.8. The molecule has 1 aliphatic heterocycles. The first kappa shape index (κ1) is 46.6. The van der Waals surface area contributed by atoms with Gasteiger partial charge in [0.25, 0.3) is 0 Å². The molecule has 1 unspecified atom stereocenters. The van der Waals surface area contributed by atoms with E-state index in [1.54, 1.807) is 85.7 Å². The van der Waals surface area contributed by atoms with Gasteiger partial charge in [-0.05, 0) is 75.7 Å². The minimum absolute atomic E-state index is 0.144. The maximum atomic E-state index is 15.6. The summed E-state index contributed by atoms with van der Waals surface area (Å²) >= 11 is 0. The lowest BCUT2D eigenvalue weighted by atomic mass is 9.43. The topological polar surface area (TPSA) is 199 Å². The second kappa shape index (κ2) is 16.1. The van der Waals surface area contributed by atoms with Crippen molar-refractivity contribution in [3.8, 4) is 0 Å². The zero-order valence-corrected chi connectivity index (χ0v) is 37.4. The number of carbonyl (C=O) groups excluding carboxylic acids is 6.